The second-order valence-corrected chi connectivity index (χ2v) is 6.69. The van der Waals surface area contributed by atoms with E-state index in [1.165, 1.54) is 0 Å². The molecule has 1 aromatic heterocycles. The van der Waals surface area contributed by atoms with Crippen molar-refractivity contribution in [2.75, 3.05) is 6.54 Å². The molecule has 20 heavy (non-hydrogen) atoms. The summed E-state index contributed by atoms with van der Waals surface area (Å²) in [5.74, 6) is 1.64. The van der Waals surface area contributed by atoms with Gasteiger partial charge in [0.1, 0.15) is 0 Å². The highest BCUT2D eigenvalue weighted by molar-refractivity contribution is 9.10. The molecule has 0 aliphatic carbocycles. The average molecular weight is 358 g/mol. The molecule has 0 bridgehead atoms. The number of thioether (sulfide) groups is 1. The fourth-order valence-corrected chi connectivity index (χ4v) is 2.50. The van der Waals surface area contributed by atoms with Crippen LogP contribution in [0.15, 0.2) is 38.2 Å². The molecule has 0 radical (unpaired) electrons. The average Bonchev–Trinajstić information content (AvgIpc) is 2.85. The van der Waals surface area contributed by atoms with Crippen LogP contribution in [0, 0.1) is 0 Å². The van der Waals surface area contributed by atoms with E-state index in [-0.39, 0.29) is 13.0 Å². The highest BCUT2D eigenvalue weighted by Gasteiger charge is 2.22. The minimum Gasteiger partial charge on any atom is -0.388 e. The maximum absolute atomic E-state index is 9.86. The zero-order valence-electron chi connectivity index (χ0n) is 11.0. The Balaban J connectivity index is 1.91. The predicted molar refractivity (Wildman–Crippen MR) is 81.4 cm³/mol. The van der Waals surface area contributed by atoms with Gasteiger partial charge in [-0.2, -0.15) is 4.98 Å². The summed E-state index contributed by atoms with van der Waals surface area (Å²) >= 11 is 5.02. The number of hydrogen-bond donors (Lipinski definition) is 2. The van der Waals surface area contributed by atoms with Crippen molar-refractivity contribution < 1.29 is 9.63 Å². The van der Waals surface area contributed by atoms with Crippen LogP contribution < -0.4 is 5.73 Å². The number of rotatable bonds is 6. The Labute approximate surface area is 130 Å². The molecular weight excluding hydrogens is 342 g/mol. The van der Waals surface area contributed by atoms with E-state index in [9.17, 15) is 5.11 Å². The van der Waals surface area contributed by atoms with E-state index >= 15 is 0 Å². The fraction of sp³-hybridized carbons (Fsp3) is 0.385. The second kappa shape index (κ2) is 6.71. The van der Waals surface area contributed by atoms with Crippen LogP contribution in [0.3, 0.4) is 0 Å². The standard InChI is InChI=1S/C13H16BrN3O2S/c1-13(18,8-15)6-12-16-11(17-19-12)7-20-10-4-2-9(14)3-5-10/h2-5,18H,6-8,15H2,1H3. The van der Waals surface area contributed by atoms with Crippen LogP contribution in [0.25, 0.3) is 0 Å². The van der Waals surface area contributed by atoms with Crippen LogP contribution in [0.2, 0.25) is 0 Å². The van der Waals surface area contributed by atoms with Crippen molar-refractivity contribution in [2.45, 2.75) is 29.6 Å². The third kappa shape index (κ3) is 4.59. The molecule has 0 saturated heterocycles. The summed E-state index contributed by atoms with van der Waals surface area (Å²) in [7, 11) is 0. The molecule has 0 amide bonds. The molecule has 7 heteroatoms. The highest BCUT2D eigenvalue weighted by atomic mass is 79.9. The number of aromatic nitrogens is 2. The van der Waals surface area contributed by atoms with Crippen LogP contribution in [0.5, 0.6) is 0 Å². The molecule has 1 unspecified atom stereocenters. The highest BCUT2D eigenvalue weighted by Crippen LogP contribution is 2.23. The lowest BCUT2D eigenvalue weighted by atomic mass is 10.0. The molecule has 2 aromatic rings. The zero-order valence-corrected chi connectivity index (χ0v) is 13.4. The Bertz CT molecular complexity index is 557. The van der Waals surface area contributed by atoms with Crippen molar-refractivity contribution in [3.63, 3.8) is 0 Å². The van der Waals surface area contributed by atoms with Gasteiger partial charge in [0.05, 0.1) is 17.8 Å². The van der Waals surface area contributed by atoms with E-state index in [0.29, 0.717) is 17.5 Å². The van der Waals surface area contributed by atoms with Crippen molar-refractivity contribution in [1.29, 1.82) is 0 Å². The van der Waals surface area contributed by atoms with Gasteiger partial charge in [-0.25, -0.2) is 0 Å². The van der Waals surface area contributed by atoms with E-state index in [4.69, 9.17) is 10.3 Å². The van der Waals surface area contributed by atoms with Crippen molar-refractivity contribution in [2.24, 2.45) is 5.73 Å². The molecular formula is C13H16BrN3O2S. The molecule has 0 spiro atoms. The summed E-state index contributed by atoms with van der Waals surface area (Å²) in [4.78, 5) is 5.39. The molecule has 1 atom stereocenters. The molecule has 3 N–H and O–H groups in total. The number of halogens is 1. The van der Waals surface area contributed by atoms with Crippen molar-refractivity contribution in [3.8, 4) is 0 Å². The molecule has 5 nitrogen and oxygen atoms in total. The van der Waals surface area contributed by atoms with Gasteiger partial charge >= 0.3 is 0 Å². The summed E-state index contributed by atoms with van der Waals surface area (Å²) in [6.07, 6.45) is 0.263. The first-order chi connectivity index (χ1) is 9.48. The van der Waals surface area contributed by atoms with E-state index in [0.717, 1.165) is 9.37 Å². The predicted octanol–water partition coefficient (Wildman–Crippen LogP) is 2.38. The first-order valence-electron chi connectivity index (χ1n) is 6.11. The molecule has 0 aliphatic heterocycles. The molecule has 1 aromatic carbocycles. The number of nitrogens with zero attached hydrogens (tertiary/aromatic N) is 2. The van der Waals surface area contributed by atoms with Gasteiger partial charge in [-0.3, -0.25) is 0 Å². The lowest BCUT2D eigenvalue weighted by molar-refractivity contribution is 0.0610. The van der Waals surface area contributed by atoms with E-state index in [1.807, 2.05) is 24.3 Å². The summed E-state index contributed by atoms with van der Waals surface area (Å²) in [5.41, 5.74) is 4.45. The Hall–Kier alpha value is -0.890. The molecule has 0 fully saturated rings. The van der Waals surface area contributed by atoms with Gasteiger partial charge in [-0.15, -0.1) is 11.8 Å². The SMILES string of the molecule is CC(O)(CN)Cc1nc(CSc2ccc(Br)cc2)no1. The topological polar surface area (TPSA) is 85.2 Å². The van der Waals surface area contributed by atoms with Gasteiger partial charge in [0.2, 0.25) is 5.89 Å². The summed E-state index contributed by atoms with van der Waals surface area (Å²) in [6, 6.07) is 8.02. The minimum absolute atomic E-state index is 0.151. The number of benzene rings is 1. The van der Waals surface area contributed by atoms with Crippen molar-refractivity contribution in [1.82, 2.24) is 10.1 Å². The number of hydrogen-bond acceptors (Lipinski definition) is 6. The van der Waals surface area contributed by atoms with E-state index in [1.54, 1.807) is 18.7 Å². The Morgan fingerprint density at radius 2 is 2.10 bits per heavy atom. The van der Waals surface area contributed by atoms with Crippen LogP contribution in [0.1, 0.15) is 18.6 Å². The van der Waals surface area contributed by atoms with Crippen LogP contribution in [0.4, 0.5) is 0 Å². The number of nitrogens with two attached hydrogens (primary N) is 1. The third-order valence-corrected chi connectivity index (χ3v) is 4.20. The first-order valence-corrected chi connectivity index (χ1v) is 7.89. The van der Waals surface area contributed by atoms with Gasteiger partial charge in [0, 0.05) is 15.9 Å². The van der Waals surface area contributed by atoms with E-state index < -0.39 is 5.60 Å². The second-order valence-electron chi connectivity index (χ2n) is 4.72. The van der Waals surface area contributed by atoms with Crippen LogP contribution in [-0.2, 0) is 12.2 Å². The molecule has 0 saturated carbocycles. The lowest BCUT2D eigenvalue weighted by Gasteiger charge is -2.17. The normalized spacial score (nSPS) is 14.2. The number of aliphatic hydroxyl groups is 1. The smallest absolute Gasteiger partial charge is 0.229 e. The van der Waals surface area contributed by atoms with E-state index in [2.05, 4.69) is 26.1 Å². The van der Waals surface area contributed by atoms with Gasteiger partial charge in [-0.1, -0.05) is 21.1 Å². The maximum atomic E-state index is 9.86. The molecule has 2 rings (SSSR count). The lowest BCUT2D eigenvalue weighted by Crippen LogP contribution is -2.36. The first kappa shape index (κ1) is 15.5. The Kier molecular flexibility index (Phi) is 5.20. The van der Waals surface area contributed by atoms with Gasteiger partial charge in [0.15, 0.2) is 5.82 Å². The Morgan fingerprint density at radius 1 is 1.40 bits per heavy atom. The summed E-state index contributed by atoms with van der Waals surface area (Å²) in [5, 5.41) is 13.8. The third-order valence-electron chi connectivity index (χ3n) is 2.66. The monoisotopic (exact) mass is 357 g/mol. The minimum atomic E-state index is -1.01. The van der Waals surface area contributed by atoms with Crippen molar-refractivity contribution in [3.05, 3.63) is 40.5 Å². The fourth-order valence-electron chi connectivity index (χ4n) is 1.50. The molecule has 108 valence electrons. The zero-order chi connectivity index (χ0) is 14.6. The summed E-state index contributed by atoms with van der Waals surface area (Å²) in [6.45, 7) is 1.80. The van der Waals surface area contributed by atoms with Gasteiger partial charge in [0.25, 0.3) is 0 Å². The largest absolute Gasteiger partial charge is 0.388 e. The van der Waals surface area contributed by atoms with Gasteiger partial charge in [-0.05, 0) is 31.2 Å². The molecule has 0 aliphatic rings. The van der Waals surface area contributed by atoms with Crippen LogP contribution >= 0.6 is 27.7 Å². The van der Waals surface area contributed by atoms with Crippen LogP contribution in [-0.4, -0.2) is 27.4 Å². The maximum Gasteiger partial charge on any atom is 0.229 e. The summed E-state index contributed by atoms with van der Waals surface area (Å²) < 4.78 is 6.16. The molecule has 1 heterocycles. The quantitative estimate of drug-likeness (QED) is 0.772. The van der Waals surface area contributed by atoms with Gasteiger partial charge < -0.3 is 15.4 Å². The Morgan fingerprint density at radius 3 is 2.75 bits per heavy atom. The van der Waals surface area contributed by atoms with Crippen molar-refractivity contribution >= 4 is 27.7 Å².